The minimum atomic E-state index is -4.27. The van der Waals surface area contributed by atoms with Gasteiger partial charge in [-0.25, -0.2) is 21.2 Å². The zero-order chi connectivity index (χ0) is 34.7. The summed E-state index contributed by atoms with van der Waals surface area (Å²) in [5.41, 5.74) is 5.98. The molecule has 0 bridgehead atoms. The number of sulfone groups is 1. The van der Waals surface area contributed by atoms with E-state index >= 15 is 8.42 Å². The molecule has 252 valence electrons. The maximum Gasteiger partial charge on any atom is 0.246 e. The molecule has 1 unspecified atom stereocenters. The van der Waals surface area contributed by atoms with E-state index in [2.05, 4.69) is 32.4 Å². The van der Waals surface area contributed by atoms with Gasteiger partial charge in [-0.1, -0.05) is 93.9 Å². The van der Waals surface area contributed by atoms with Crippen LogP contribution in [0.4, 0.5) is 10.1 Å². The summed E-state index contributed by atoms with van der Waals surface area (Å²) in [4.78, 5) is 0.0243. The predicted octanol–water partition coefficient (Wildman–Crippen LogP) is 9.88. The van der Waals surface area contributed by atoms with Crippen molar-refractivity contribution in [1.82, 2.24) is 0 Å². The van der Waals surface area contributed by atoms with Gasteiger partial charge in [-0.05, 0) is 113 Å². The Morgan fingerprint density at radius 2 is 1.31 bits per heavy atom. The quantitative estimate of drug-likeness (QED) is 0.253. The number of sulfonamides is 1. The molecule has 6 rings (SSSR count). The van der Waals surface area contributed by atoms with Crippen LogP contribution in [0.1, 0.15) is 76.5 Å². The zero-order valence-electron chi connectivity index (χ0n) is 27.9. The first-order valence-corrected chi connectivity index (χ1v) is 19.8. The molecule has 3 aliphatic rings. The Morgan fingerprint density at radius 1 is 0.729 bits per heavy atom. The van der Waals surface area contributed by atoms with Crippen molar-refractivity contribution in [1.29, 1.82) is 0 Å². The van der Waals surface area contributed by atoms with Gasteiger partial charge in [0.05, 0.1) is 10.6 Å². The van der Waals surface area contributed by atoms with Gasteiger partial charge in [0.25, 0.3) is 0 Å². The third-order valence-electron chi connectivity index (χ3n) is 9.75. The predicted molar refractivity (Wildman–Crippen MR) is 195 cm³/mol. The SMILES string of the molecule is CC1(C)CC(c2ccc(Cl)cc2)=C(c2ccc(S(C)(=O)=O)cc2NS(=O)(=O)C2(C3=C(c4ccc(F)cc4)CC(C)(C)C3)C=CC=CC2)C1. The molecule has 3 aromatic rings. The normalized spacial score (nSPS) is 22.1. The number of benzene rings is 3. The van der Waals surface area contributed by atoms with Gasteiger partial charge in [-0.3, -0.25) is 4.72 Å². The van der Waals surface area contributed by atoms with Crippen LogP contribution in [0, 0.1) is 16.6 Å². The molecule has 0 spiro atoms. The van der Waals surface area contributed by atoms with E-state index in [-0.39, 0.29) is 33.7 Å². The zero-order valence-corrected chi connectivity index (χ0v) is 30.3. The Morgan fingerprint density at radius 3 is 1.94 bits per heavy atom. The number of halogens is 2. The average Bonchev–Trinajstić information content (AvgIpc) is 3.52. The van der Waals surface area contributed by atoms with Gasteiger partial charge in [-0.15, -0.1) is 0 Å². The van der Waals surface area contributed by atoms with Crippen molar-refractivity contribution in [3.8, 4) is 0 Å². The second kappa shape index (κ2) is 12.1. The van der Waals surface area contributed by atoms with E-state index in [9.17, 15) is 12.8 Å². The molecule has 5 nitrogen and oxygen atoms in total. The highest BCUT2D eigenvalue weighted by Crippen LogP contribution is 2.55. The Kier molecular flexibility index (Phi) is 8.71. The molecule has 0 radical (unpaired) electrons. The second-order valence-electron chi connectivity index (χ2n) is 14.9. The molecule has 0 aliphatic heterocycles. The Balaban J connectivity index is 1.55. The highest BCUT2D eigenvalue weighted by molar-refractivity contribution is 7.94. The van der Waals surface area contributed by atoms with E-state index in [0.717, 1.165) is 46.1 Å². The monoisotopic (exact) mass is 705 g/mol. The van der Waals surface area contributed by atoms with E-state index in [1.807, 2.05) is 36.4 Å². The molecule has 0 fully saturated rings. The van der Waals surface area contributed by atoms with Gasteiger partial charge in [0.2, 0.25) is 10.0 Å². The summed E-state index contributed by atoms with van der Waals surface area (Å²) in [6.07, 6.45) is 11.1. The summed E-state index contributed by atoms with van der Waals surface area (Å²) < 4.78 is 71.3. The fourth-order valence-electron chi connectivity index (χ4n) is 7.51. The van der Waals surface area contributed by atoms with Crippen molar-refractivity contribution in [2.24, 2.45) is 10.8 Å². The summed E-state index contributed by atoms with van der Waals surface area (Å²) in [6.45, 7) is 8.56. The van der Waals surface area contributed by atoms with Crippen LogP contribution in [0.5, 0.6) is 0 Å². The molecule has 48 heavy (non-hydrogen) atoms. The largest absolute Gasteiger partial charge is 0.282 e. The molecule has 0 aromatic heterocycles. The molecule has 3 aromatic carbocycles. The third kappa shape index (κ3) is 6.59. The average molecular weight is 706 g/mol. The highest BCUT2D eigenvalue weighted by atomic mass is 35.5. The lowest BCUT2D eigenvalue weighted by Gasteiger charge is -2.35. The summed E-state index contributed by atoms with van der Waals surface area (Å²) in [5.74, 6) is -0.358. The van der Waals surface area contributed by atoms with E-state index in [1.54, 1.807) is 36.4 Å². The van der Waals surface area contributed by atoms with E-state index in [0.29, 0.717) is 29.8 Å². The fourth-order valence-corrected chi connectivity index (χ4v) is 10.0. The molecule has 0 heterocycles. The molecule has 1 N–H and O–H groups in total. The van der Waals surface area contributed by atoms with Gasteiger partial charge in [0.15, 0.2) is 9.84 Å². The number of rotatable bonds is 8. The van der Waals surface area contributed by atoms with Crippen molar-refractivity contribution in [3.63, 3.8) is 0 Å². The van der Waals surface area contributed by atoms with Gasteiger partial charge in [-0.2, -0.15) is 0 Å². The first-order chi connectivity index (χ1) is 22.4. The third-order valence-corrected chi connectivity index (χ3v) is 13.1. The van der Waals surface area contributed by atoms with Crippen LogP contribution in [0.2, 0.25) is 5.02 Å². The summed E-state index contributed by atoms with van der Waals surface area (Å²) >= 11 is 6.22. The Hall–Kier alpha value is -3.46. The lowest BCUT2D eigenvalue weighted by molar-refractivity contribution is 0.390. The molecule has 3 aliphatic carbocycles. The fraction of sp³-hybridized carbons (Fsp3) is 0.333. The topological polar surface area (TPSA) is 80.3 Å². The molecule has 0 saturated carbocycles. The molecule has 0 saturated heterocycles. The number of nitrogens with one attached hydrogen (secondary N) is 1. The molecule has 9 heteroatoms. The molecule has 1 atom stereocenters. The van der Waals surface area contributed by atoms with Crippen LogP contribution >= 0.6 is 11.6 Å². The smallest absolute Gasteiger partial charge is 0.246 e. The van der Waals surface area contributed by atoms with Crippen molar-refractivity contribution in [2.45, 2.75) is 69.4 Å². The second-order valence-corrected chi connectivity index (χ2v) is 19.3. The number of allylic oxidation sites excluding steroid dienone is 6. The minimum Gasteiger partial charge on any atom is -0.282 e. The van der Waals surface area contributed by atoms with Crippen LogP contribution in [0.3, 0.4) is 0 Å². The Bertz CT molecular complexity index is 2130. The van der Waals surface area contributed by atoms with Crippen molar-refractivity contribution < 1.29 is 21.2 Å². The van der Waals surface area contributed by atoms with Gasteiger partial charge in [0.1, 0.15) is 10.6 Å². The van der Waals surface area contributed by atoms with Crippen LogP contribution < -0.4 is 4.72 Å². The Labute approximate surface area is 289 Å². The number of hydrogen-bond acceptors (Lipinski definition) is 4. The maximum atomic E-state index is 15.1. The molecular formula is C39H41ClFNO4S2. The maximum absolute atomic E-state index is 15.1. The summed E-state index contributed by atoms with van der Waals surface area (Å²) in [6, 6.07) is 18.6. The lowest BCUT2D eigenvalue weighted by atomic mass is 9.84. The van der Waals surface area contributed by atoms with Crippen molar-refractivity contribution in [3.05, 3.63) is 124 Å². The molecular weight excluding hydrogens is 665 g/mol. The summed E-state index contributed by atoms with van der Waals surface area (Å²) in [7, 11) is -7.93. The minimum absolute atomic E-state index is 0.0243. The van der Waals surface area contributed by atoms with Crippen molar-refractivity contribution in [2.75, 3.05) is 11.0 Å². The van der Waals surface area contributed by atoms with Crippen LogP contribution in [-0.4, -0.2) is 27.8 Å². The standard InChI is InChI=1S/C39H41ClFNO4S2/c1-37(2)22-32(26-9-13-28(40)14-10-26)34(24-37)31-18-17-30(47(5,43)44)21-36(31)42-48(45,46)39(19-7-6-8-20-39)35-25-38(3,4)23-33(35)27-11-15-29(41)16-12-27/h6-19,21,42H,20,22-25H2,1-5H3. The van der Waals surface area contributed by atoms with Gasteiger partial charge in [0, 0.05) is 16.8 Å². The van der Waals surface area contributed by atoms with Crippen LogP contribution in [-0.2, 0) is 19.9 Å². The number of hydrogen-bond donors (Lipinski definition) is 1. The summed E-state index contributed by atoms with van der Waals surface area (Å²) in [5, 5.41) is 0.619. The number of anilines is 1. The van der Waals surface area contributed by atoms with Gasteiger partial charge < -0.3 is 0 Å². The van der Waals surface area contributed by atoms with Crippen LogP contribution in [0.15, 0.2) is 102 Å². The highest BCUT2D eigenvalue weighted by Gasteiger charge is 2.50. The van der Waals surface area contributed by atoms with E-state index < -0.39 is 24.6 Å². The first-order valence-electron chi connectivity index (χ1n) is 16.1. The lowest BCUT2D eigenvalue weighted by Crippen LogP contribution is -2.43. The van der Waals surface area contributed by atoms with E-state index in [1.165, 1.54) is 18.2 Å². The van der Waals surface area contributed by atoms with Gasteiger partial charge >= 0.3 is 0 Å². The van der Waals surface area contributed by atoms with Crippen molar-refractivity contribution >= 4 is 53.9 Å². The van der Waals surface area contributed by atoms with Crippen LogP contribution in [0.25, 0.3) is 16.7 Å². The van der Waals surface area contributed by atoms with E-state index in [4.69, 9.17) is 11.6 Å². The first kappa shape index (κ1) is 34.4. The molecule has 0 amide bonds.